The number of nitrogens with zero attached hydrogens (tertiary/aromatic N) is 2. The van der Waals surface area contributed by atoms with E-state index in [0.29, 0.717) is 18.1 Å². The van der Waals surface area contributed by atoms with Gasteiger partial charge in [0.2, 0.25) is 0 Å². The van der Waals surface area contributed by atoms with E-state index in [2.05, 4.69) is 10.2 Å². The number of anilines is 1. The first-order valence-electron chi connectivity index (χ1n) is 8.80. The van der Waals surface area contributed by atoms with Crippen LogP contribution >= 0.6 is 11.6 Å². The van der Waals surface area contributed by atoms with Crippen LogP contribution in [-0.2, 0) is 6.42 Å². The van der Waals surface area contributed by atoms with Crippen LogP contribution in [0.3, 0.4) is 0 Å². The molecule has 0 atom stereocenters. The van der Waals surface area contributed by atoms with Gasteiger partial charge in [-0.15, -0.1) is 0 Å². The number of hydrogen-bond donors (Lipinski definition) is 1. The first-order chi connectivity index (χ1) is 12.5. The van der Waals surface area contributed by atoms with Gasteiger partial charge >= 0.3 is 6.03 Å². The van der Waals surface area contributed by atoms with Crippen LogP contribution in [0.15, 0.2) is 42.5 Å². The number of carbonyl (C=O) groups is 1. The van der Waals surface area contributed by atoms with Crippen LogP contribution in [0.1, 0.15) is 11.1 Å². The molecular formula is C20H23ClFN3O. The summed E-state index contributed by atoms with van der Waals surface area (Å²) in [6.45, 7) is 5.91. The molecule has 0 spiro atoms. The van der Waals surface area contributed by atoms with Crippen molar-refractivity contribution in [2.75, 3.05) is 38.0 Å². The molecule has 4 nitrogen and oxygen atoms in total. The molecule has 138 valence electrons. The van der Waals surface area contributed by atoms with E-state index >= 15 is 0 Å². The van der Waals surface area contributed by atoms with E-state index in [0.717, 1.165) is 42.9 Å². The third-order valence-electron chi connectivity index (χ3n) is 4.73. The second-order valence-corrected chi connectivity index (χ2v) is 7.03. The molecule has 0 radical (unpaired) electrons. The number of urea groups is 1. The highest BCUT2D eigenvalue weighted by molar-refractivity contribution is 6.31. The number of amides is 2. The van der Waals surface area contributed by atoms with Crippen molar-refractivity contribution < 1.29 is 9.18 Å². The van der Waals surface area contributed by atoms with Crippen LogP contribution in [0.2, 0.25) is 5.02 Å². The summed E-state index contributed by atoms with van der Waals surface area (Å²) in [4.78, 5) is 16.6. The molecule has 1 aliphatic heterocycles. The fourth-order valence-corrected chi connectivity index (χ4v) is 3.21. The summed E-state index contributed by atoms with van der Waals surface area (Å²) in [5, 5.41) is 3.56. The van der Waals surface area contributed by atoms with Gasteiger partial charge < -0.3 is 10.2 Å². The number of aryl methyl sites for hydroxylation is 1. The lowest BCUT2D eigenvalue weighted by Crippen LogP contribution is -2.50. The first-order valence-corrected chi connectivity index (χ1v) is 9.18. The zero-order chi connectivity index (χ0) is 18.5. The Bertz CT molecular complexity index is 758. The molecule has 0 aromatic heterocycles. The lowest BCUT2D eigenvalue weighted by molar-refractivity contribution is 0.148. The van der Waals surface area contributed by atoms with Crippen LogP contribution in [0.5, 0.6) is 0 Å². The number of halogens is 2. The third kappa shape index (κ3) is 4.96. The van der Waals surface area contributed by atoms with E-state index in [4.69, 9.17) is 11.6 Å². The highest BCUT2D eigenvalue weighted by Crippen LogP contribution is 2.20. The SMILES string of the molecule is Cc1ccc(Cl)cc1NC(=O)N1CCN(CCc2ccc(F)cc2)CC1. The van der Waals surface area contributed by atoms with Gasteiger partial charge in [0.15, 0.2) is 0 Å². The van der Waals surface area contributed by atoms with Crippen molar-refractivity contribution >= 4 is 23.3 Å². The number of benzene rings is 2. The minimum absolute atomic E-state index is 0.0893. The Morgan fingerprint density at radius 3 is 2.50 bits per heavy atom. The van der Waals surface area contributed by atoms with E-state index in [9.17, 15) is 9.18 Å². The normalized spacial score (nSPS) is 15.1. The Labute approximate surface area is 158 Å². The topological polar surface area (TPSA) is 35.6 Å². The second kappa shape index (κ2) is 8.52. The van der Waals surface area contributed by atoms with Crippen molar-refractivity contribution in [2.45, 2.75) is 13.3 Å². The molecular weight excluding hydrogens is 353 g/mol. The zero-order valence-electron chi connectivity index (χ0n) is 14.8. The largest absolute Gasteiger partial charge is 0.322 e. The summed E-state index contributed by atoms with van der Waals surface area (Å²) in [5.41, 5.74) is 2.87. The number of carbonyl (C=O) groups excluding carboxylic acids is 1. The maximum Gasteiger partial charge on any atom is 0.321 e. The van der Waals surface area contributed by atoms with Crippen molar-refractivity contribution in [3.8, 4) is 0 Å². The molecule has 3 rings (SSSR count). The summed E-state index contributed by atoms with van der Waals surface area (Å²) < 4.78 is 12.9. The maximum absolute atomic E-state index is 12.9. The van der Waals surface area contributed by atoms with Crippen molar-refractivity contribution in [1.82, 2.24) is 9.80 Å². The van der Waals surface area contributed by atoms with Crippen molar-refractivity contribution in [3.63, 3.8) is 0 Å². The Hall–Kier alpha value is -2.11. The quantitative estimate of drug-likeness (QED) is 0.870. The fourth-order valence-electron chi connectivity index (χ4n) is 3.04. The van der Waals surface area contributed by atoms with E-state index in [1.165, 1.54) is 12.1 Å². The summed E-state index contributed by atoms with van der Waals surface area (Å²) in [6.07, 6.45) is 0.883. The fraction of sp³-hybridized carbons (Fsp3) is 0.350. The molecule has 0 saturated carbocycles. The average molecular weight is 376 g/mol. The van der Waals surface area contributed by atoms with Gasteiger partial charge in [0.25, 0.3) is 0 Å². The Morgan fingerprint density at radius 2 is 1.81 bits per heavy atom. The molecule has 0 aliphatic carbocycles. The molecule has 0 bridgehead atoms. The molecule has 1 fully saturated rings. The molecule has 1 saturated heterocycles. The number of nitrogens with one attached hydrogen (secondary N) is 1. The van der Waals surface area contributed by atoms with E-state index in [1.807, 2.05) is 36.1 Å². The van der Waals surface area contributed by atoms with E-state index < -0.39 is 0 Å². The first kappa shape index (κ1) is 18.7. The third-order valence-corrected chi connectivity index (χ3v) is 4.97. The molecule has 6 heteroatoms. The molecule has 2 aromatic carbocycles. The van der Waals surface area contributed by atoms with Crippen molar-refractivity contribution in [1.29, 1.82) is 0 Å². The van der Waals surface area contributed by atoms with Gasteiger partial charge in [0.05, 0.1) is 0 Å². The molecule has 1 aliphatic rings. The predicted octanol–water partition coefficient (Wildman–Crippen LogP) is 4.18. The highest BCUT2D eigenvalue weighted by Gasteiger charge is 2.21. The molecule has 1 N–H and O–H groups in total. The molecule has 26 heavy (non-hydrogen) atoms. The number of rotatable bonds is 4. The summed E-state index contributed by atoms with van der Waals surface area (Å²) in [5.74, 6) is -0.205. The number of hydrogen-bond acceptors (Lipinski definition) is 2. The van der Waals surface area contributed by atoms with Crippen LogP contribution < -0.4 is 5.32 Å². The van der Waals surface area contributed by atoms with Gasteiger partial charge in [-0.3, -0.25) is 4.90 Å². The average Bonchev–Trinajstić information content (AvgIpc) is 2.64. The van der Waals surface area contributed by atoms with Gasteiger partial charge in [0.1, 0.15) is 5.82 Å². The molecule has 1 heterocycles. The van der Waals surface area contributed by atoms with Gasteiger partial charge in [-0.1, -0.05) is 29.8 Å². The van der Waals surface area contributed by atoms with Crippen LogP contribution in [0.25, 0.3) is 0 Å². The summed E-state index contributed by atoms with van der Waals surface area (Å²) >= 11 is 6.01. The lowest BCUT2D eigenvalue weighted by atomic mass is 10.1. The molecule has 2 aromatic rings. The van der Waals surface area contributed by atoms with Crippen molar-refractivity contribution in [2.24, 2.45) is 0 Å². The Balaban J connectivity index is 1.46. The Morgan fingerprint density at radius 1 is 1.12 bits per heavy atom. The standard InChI is InChI=1S/C20H23ClFN3O/c1-15-2-5-17(21)14-19(15)23-20(26)25-12-10-24(11-13-25)9-8-16-3-6-18(22)7-4-16/h2-7,14H,8-13H2,1H3,(H,23,26). The van der Waals surface area contributed by atoms with Crippen LogP contribution in [0, 0.1) is 12.7 Å². The Kier molecular flexibility index (Phi) is 6.12. The number of piperazine rings is 1. The highest BCUT2D eigenvalue weighted by atomic mass is 35.5. The predicted molar refractivity (Wildman–Crippen MR) is 103 cm³/mol. The van der Waals surface area contributed by atoms with Crippen molar-refractivity contribution in [3.05, 3.63) is 64.4 Å². The summed E-state index contributed by atoms with van der Waals surface area (Å²) in [7, 11) is 0. The molecule has 0 unspecified atom stereocenters. The second-order valence-electron chi connectivity index (χ2n) is 6.59. The van der Waals surface area contributed by atoms with E-state index in [-0.39, 0.29) is 11.8 Å². The lowest BCUT2D eigenvalue weighted by Gasteiger charge is -2.34. The van der Waals surface area contributed by atoms with Crippen LogP contribution in [-0.4, -0.2) is 48.6 Å². The zero-order valence-corrected chi connectivity index (χ0v) is 15.6. The monoisotopic (exact) mass is 375 g/mol. The molecule has 2 amide bonds. The smallest absolute Gasteiger partial charge is 0.321 e. The van der Waals surface area contributed by atoms with Gasteiger partial charge in [0, 0.05) is 43.4 Å². The van der Waals surface area contributed by atoms with Gasteiger partial charge in [-0.2, -0.15) is 0 Å². The summed E-state index contributed by atoms with van der Waals surface area (Å²) in [6, 6.07) is 12.0. The van der Waals surface area contributed by atoms with Gasteiger partial charge in [-0.05, 0) is 48.7 Å². The minimum Gasteiger partial charge on any atom is -0.322 e. The van der Waals surface area contributed by atoms with Gasteiger partial charge in [-0.25, -0.2) is 9.18 Å². The minimum atomic E-state index is -0.205. The van der Waals surface area contributed by atoms with Crippen LogP contribution in [0.4, 0.5) is 14.9 Å². The maximum atomic E-state index is 12.9. The van der Waals surface area contributed by atoms with E-state index in [1.54, 1.807) is 6.07 Å².